The SMILES string of the molecule is C.Cl.Cl.O=S(=O)(O)O.[H-].[Na+]. The van der Waals surface area contributed by atoms with E-state index in [4.69, 9.17) is 17.5 Å². The maximum Gasteiger partial charge on any atom is 1.00 e. The van der Waals surface area contributed by atoms with Gasteiger partial charge in [0.2, 0.25) is 0 Å². The van der Waals surface area contributed by atoms with Gasteiger partial charge in [0.05, 0.1) is 0 Å². The minimum absolute atomic E-state index is 0. The van der Waals surface area contributed by atoms with Gasteiger partial charge in [-0.25, -0.2) is 0 Å². The first-order valence-corrected chi connectivity index (χ1v) is 2.10. The van der Waals surface area contributed by atoms with E-state index in [1.165, 1.54) is 0 Å². The molecular formula is CH9Cl2NaO4S. The van der Waals surface area contributed by atoms with Crippen molar-refractivity contribution in [3.05, 3.63) is 0 Å². The van der Waals surface area contributed by atoms with Crippen LogP contribution in [0.15, 0.2) is 0 Å². The van der Waals surface area contributed by atoms with Crippen LogP contribution in [-0.2, 0) is 10.4 Å². The zero-order valence-electron chi connectivity index (χ0n) is 4.94. The molecule has 0 bridgehead atoms. The van der Waals surface area contributed by atoms with Gasteiger partial charge in [0.15, 0.2) is 0 Å². The van der Waals surface area contributed by atoms with Gasteiger partial charge in [-0.2, -0.15) is 8.42 Å². The van der Waals surface area contributed by atoms with E-state index in [0.717, 1.165) is 0 Å². The summed E-state index contributed by atoms with van der Waals surface area (Å²) >= 11 is 0. The van der Waals surface area contributed by atoms with Crippen LogP contribution in [0.5, 0.6) is 0 Å². The summed E-state index contributed by atoms with van der Waals surface area (Å²) in [5, 5.41) is 0. The average Bonchev–Trinajstić information content (AvgIpc) is 0.722. The molecule has 8 heteroatoms. The summed E-state index contributed by atoms with van der Waals surface area (Å²) in [5.74, 6) is 0. The molecule has 2 N–H and O–H groups in total. The third-order valence-electron chi connectivity index (χ3n) is 0. The van der Waals surface area contributed by atoms with Crippen LogP contribution in [0.2, 0.25) is 0 Å². The molecule has 4 nitrogen and oxygen atoms in total. The molecule has 0 atom stereocenters. The van der Waals surface area contributed by atoms with E-state index in [1.807, 2.05) is 0 Å². The van der Waals surface area contributed by atoms with E-state index < -0.39 is 10.4 Å². The zero-order chi connectivity index (χ0) is 4.50. The van der Waals surface area contributed by atoms with Crippen molar-refractivity contribution in [1.29, 1.82) is 0 Å². The minimum Gasteiger partial charge on any atom is -1.00 e. The Balaban J connectivity index is -0.00000000800. The Hall–Kier alpha value is 1.45. The molecule has 0 aromatic carbocycles. The van der Waals surface area contributed by atoms with Gasteiger partial charge in [0.1, 0.15) is 0 Å². The number of hydrogen-bond acceptors (Lipinski definition) is 2. The smallest absolute Gasteiger partial charge is 1.00 e. The van der Waals surface area contributed by atoms with E-state index in [9.17, 15) is 0 Å². The fourth-order valence-corrected chi connectivity index (χ4v) is 0. The molecule has 0 amide bonds. The van der Waals surface area contributed by atoms with Crippen LogP contribution in [0.25, 0.3) is 0 Å². The van der Waals surface area contributed by atoms with Crippen LogP contribution in [0.1, 0.15) is 8.85 Å². The van der Waals surface area contributed by atoms with Gasteiger partial charge in [-0.05, 0) is 0 Å². The molecule has 0 fully saturated rings. The van der Waals surface area contributed by atoms with Crippen molar-refractivity contribution in [2.24, 2.45) is 0 Å². The van der Waals surface area contributed by atoms with Crippen LogP contribution in [0.4, 0.5) is 0 Å². The van der Waals surface area contributed by atoms with E-state index >= 15 is 0 Å². The monoisotopic (exact) mass is 210 g/mol. The van der Waals surface area contributed by atoms with E-state index in [1.54, 1.807) is 0 Å². The fraction of sp³-hybridized carbons (Fsp3) is 1.00. The Morgan fingerprint density at radius 1 is 1.11 bits per heavy atom. The average molecular weight is 211 g/mol. The Morgan fingerprint density at radius 3 is 1.11 bits per heavy atom. The molecule has 9 heavy (non-hydrogen) atoms. The summed E-state index contributed by atoms with van der Waals surface area (Å²) in [7, 11) is -4.67. The Labute approximate surface area is 90.6 Å². The molecule has 0 rings (SSSR count). The molecule has 0 aliphatic rings. The maximum atomic E-state index is 8.74. The van der Waals surface area contributed by atoms with Crippen LogP contribution in [0, 0.1) is 0 Å². The fourth-order valence-electron chi connectivity index (χ4n) is 0. The van der Waals surface area contributed by atoms with Crippen molar-refractivity contribution in [2.45, 2.75) is 7.43 Å². The molecular weight excluding hydrogens is 202 g/mol. The Kier molecular flexibility index (Phi) is 42.4. The number of hydrogen-bond donors (Lipinski definition) is 2. The standard InChI is InChI=1S/CH4.2ClH.Na.H2O4S.H/c;;;;1-5(2,3)4;/h1H4;2*1H;;(H2,1,2,3,4);/q;;;+1;;-1. The summed E-state index contributed by atoms with van der Waals surface area (Å²) in [6, 6.07) is 0. The van der Waals surface area contributed by atoms with Crippen molar-refractivity contribution in [3.8, 4) is 0 Å². The largest absolute Gasteiger partial charge is 1.00 e. The van der Waals surface area contributed by atoms with Gasteiger partial charge in [-0.15, -0.1) is 24.8 Å². The molecule has 0 spiro atoms. The third kappa shape index (κ3) is 249. The van der Waals surface area contributed by atoms with Crippen molar-refractivity contribution in [3.63, 3.8) is 0 Å². The Morgan fingerprint density at radius 2 is 1.11 bits per heavy atom. The first-order chi connectivity index (χ1) is 2.00. The summed E-state index contributed by atoms with van der Waals surface area (Å²) < 4.78 is 31.6. The summed E-state index contributed by atoms with van der Waals surface area (Å²) in [5.41, 5.74) is 0. The minimum atomic E-state index is -4.67. The molecule has 0 saturated heterocycles. The first kappa shape index (κ1) is 31.4. The third-order valence-corrected chi connectivity index (χ3v) is 0. The van der Waals surface area contributed by atoms with Gasteiger partial charge >= 0.3 is 40.0 Å². The van der Waals surface area contributed by atoms with Crippen LogP contribution in [0.3, 0.4) is 0 Å². The maximum absolute atomic E-state index is 8.74. The second-order valence-electron chi connectivity index (χ2n) is 0.448. The van der Waals surface area contributed by atoms with Crippen LogP contribution in [-0.4, -0.2) is 17.5 Å². The van der Waals surface area contributed by atoms with Crippen molar-refractivity contribution >= 4 is 35.2 Å². The Bertz CT molecular complexity index is 106. The van der Waals surface area contributed by atoms with Gasteiger partial charge in [0.25, 0.3) is 0 Å². The molecule has 0 aliphatic heterocycles. The number of halogens is 2. The van der Waals surface area contributed by atoms with E-state index in [-0.39, 0.29) is 63.2 Å². The predicted octanol–water partition coefficient (Wildman–Crippen LogP) is -2.06. The molecule has 0 unspecified atom stereocenters. The molecule has 0 aliphatic carbocycles. The van der Waals surface area contributed by atoms with Crippen LogP contribution >= 0.6 is 24.8 Å². The van der Waals surface area contributed by atoms with E-state index in [0.29, 0.717) is 0 Å². The molecule has 0 heterocycles. The molecule has 0 radical (unpaired) electrons. The molecule has 0 aromatic heterocycles. The topological polar surface area (TPSA) is 74.6 Å². The quantitative estimate of drug-likeness (QED) is 0.357. The second kappa shape index (κ2) is 12.2. The van der Waals surface area contributed by atoms with Gasteiger partial charge < -0.3 is 1.43 Å². The number of rotatable bonds is 0. The van der Waals surface area contributed by atoms with Gasteiger partial charge in [-0.1, -0.05) is 7.43 Å². The summed E-state index contributed by atoms with van der Waals surface area (Å²) in [4.78, 5) is 0. The predicted molar refractivity (Wildman–Crippen MR) is 36.5 cm³/mol. The van der Waals surface area contributed by atoms with Crippen molar-refractivity contribution in [2.75, 3.05) is 0 Å². The van der Waals surface area contributed by atoms with Gasteiger partial charge in [0, 0.05) is 0 Å². The molecule has 0 saturated carbocycles. The second-order valence-corrected chi connectivity index (χ2v) is 1.34. The first-order valence-electron chi connectivity index (χ1n) is 0.698. The van der Waals surface area contributed by atoms with Crippen molar-refractivity contribution in [1.82, 2.24) is 0 Å². The van der Waals surface area contributed by atoms with Crippen LogP contribution < -0.4 is 29.6 Å². The van der Waals surface area contributed by atoms with Gasteiger partial charge in [-0.3, -0.25) is 9.11 Å². The summed E-state index contributed by atoms with van der Waals surface area (Å²) in [6.07, 6.45) is 0. The van der Waals surface area contributed by atoms with Crippen molar-refractivity contribution < 1.29 is 48.5 Å². The summed E-state index contributed by atoms with van der Waals surface area (Å²) in [6.45, 7) is 0. The molecule has 0 aromatic rings. The normalized spacial score (nSPS) is 6.44. The zero-order valence-corrected chi connectivity index (χ0v) is 8.39. The molecule has 58 valence electrons. The van der Waals surface area contributed by atoms with E-state index in [2.05, 4.69) is 0 Å².